The molecule has 0 radical (unpaired) electrons. The monoisotopic (exact) mass is 766 g/mol. The Morgan fingerprint density at radius 3 is 2.15 bits per heavy atom. The van der Waals surface area contributed by atoms with Crippen molar-refractivity contribution in [1.82, 2.24) is 9.55 Å². The molecule has 3 heterocycles. The summed E-state index contributed by atoms with van der Waals surface area (Å²) in [6.07, 6.45) is 4.20. The highest BCUT2D eigenvalue weighted by Gasteiger charge is 2.26. The molecule has 0 aliphatic carbocycles. The first kappa shape index (κ1) is 38.5. The molecule has 248 valence electrons. The molecule has 0 fully saturated rings. The minimum Gasteiger partial charge on any atom is -0.480 e. The Kier molecular flexibility index (Phi) is 16.4. The fourth-order valence-electron chi connectivity index (χ4n) is 4.40. The van der Waals surface area contributed by atoms with Crippen LogP contribution in [-0.2, 0) is 27.2 Å². The van der Waals surface area contributed by atoms with Gasteiger partial charge in [-0.25, -0.2) is 14.6 Å². The fraction of sp³-hybridized carbons (Fsp3) is 0.265. The largest absolute Gasteiger partial charge is 0.480 e. The molecule has 1 aliphatic rings. The molecule has 0 amide bonds. The first-order chi connectivity index (χ1) is 23.2. The summed E-state index contributed by atoms with van der Waals surface area (Å²) >= 11 is 1.96. The summed E-state index contributed by atoms with van der Waals surface area (Å²) in [6.45, 7) is 7.65. The van der Waals surface area contributed by atoms with Crippen LogP contribution in [0, 0.1) is 61.7 Å². The molecule has 48 heavy (non-hydrogen) atoms. The number of rotatable bonds is 3. The van der Waals surface area contributed by atoms with Crippen LogP contribution in [0.5, 0.6) is 0 Å². The number of carboxylic acids is 1. The van der Waals surface area contributed by atoms with Crippen molar-refractivity contribution in [3.63, 3.8) is 0 Å². The molecule has 0 saturated heterocycles. The second-order valence-corrected chi connectivity index (χ2v) is 9.86. The van der Waals surface area contributed by atoms with E-state index in [2.05, 4.69) is 9.72 Å². The molecule has 2 aromatic heterocycles. The number of esters is 2. The molecule has 0 spiro atoms. The van der Waals surface area contributed by atoms with Gasteiger partial charge in [-0.1, -0.05) is 58.0 Å². The Morgan fingerprint density at radius 2 is 1.60 bits per heavy atom. The summed E-state index contributed by atoms with van der Waals surface area (Å²) in [4.78, 5) is 58.4. The second-order valence-electron chi connectivity index (χ2n) is 9.86. The van der Waals surface area contributed by atoms with Crippen molar-refractivity contribution in [3.05, 3.63) is 98.6 Å². The number of hydrogen-bond donors (Lipinski definition) is 1. The number of aromatic nitrogens is 2. The first-order valence-corrected chi connectivity index (χ1v) is 15.3. The van der Waals surface area contributed by atoms with Crippen LogP contribution in [0.25, 0.3) is 10.8 Å². The maximum atomic E-state index is 11.7. The number of nitrogens with zero attached hydrogens (tertiary/aromatic N) is 5. The Hall–Kier alpha value is -5.66. The molecule has 4 aromatic rings. The van der Waals surface area contributed by atoms with E-state index < -0.39 is 24.3 Å². The number of carbonyl (C=O) groups excluding carboxylic acids is 3. The zero-order chi connectivity index (χ0) is 37.1. The third kappa shape index (κ3) is 12.6. The van der Waals surface area contributed by atoms with E-state index in [1.54, 1.807) is 12.1 Å². The Morgan fingerprint density at radius 1 is 0.979 bits per heavy atom. The highest BCUT2D eigenvalue weighted by atomic mass is 127. The maximum Gasteiger partial charge on any atom is 0.346 e. The lowest BCUT2D eigenvalue weighted by molar-refractivity contribution is -0.138. The van der Waals surface area contributed by atoms with Crippen LogP contribution in [0.15, 0.2) is 58.3 Å². The lowest BCUT2D eigenvalue weighted by atomic mass is 9.95. The number of ether oxygens (including phenoxy) is 1. The lowest BCUT2D eigenvalue weighted by Crippen LogP contribution is -2.24. The van der Waals surface area contributed by atoms with Gasteiger partial charge >= 0.3 is 23.5 Å². The molecule has 5 rings (SSSR count). The smallest absolute Gasteiger partial charge is 0.346 e. The lowest BCUT2D eigenvalue weighted by Gasteiger charge is -2.16. The number of aliphatic carboxylic acids is 1. The van der Waals surface area contributed by atoms with Crippen LogP contribution >= 0.6 is 22.6 Å². The average Bonchev–Trinajstić information content (AvgIpc) is 3.53. The third-order valence-corrected chi connectivity index (χ3v) is 6.07. The van der Waals surface area contributed by atoms with Gasteiger partial charge in [0.25, 0.3) is 0 Å². The van der Waals surface area contributed by atoms with Gasteiger partial charge in [-0.2, -0.15) is 15.8 Å². The molecule has 14 heteroatoms. The Bertz CT molecular complexity index is 1990. The molecular formula is C34H32IN5O8. The van der Waals surface area contributed by atoms with E-state index in [4.69, 9.17) is 26.7 Å². The van der Waals surface area contributed by atoms with E-state index in [-0.39, 0.29) is 30.8 Å². The van der Waals surface area contributed by atoms with E-state index in [1.807, 2.05) is 80.6 Å². The van der Waals surface area contributed by atoms with Gasteiger partial charge in [0, 0.05) is 13.8 Å². The number of alkyl halides is 1. The summed E-state index contributed by atoms with van der Waals surface area (Å²) in [5.74, 6) is -1.89. The van der Waals surface area contributed by atoms with Gasteiger partial charge in [0.15, 0.2) is 0 Å². The maximum absolute atomic E-state index is 11.7. The van der Waals surface area contributed by atoms with E-state index >= 15 is 0 Å². The standard InChI is InChI=1S/C13H11NO2.C11H10O3.C6H5N3O.C3H3NO2.CH3I/c1-8-5-9(2)12-10(6-8)7-11(3-4-14)16-13(12)15;1-6-3-7(2)10-8(4-6)5-9(12)14-11(10)13;7-2-1-6(10)9-4-3-8-5-9;4-2-1-3(5)6;1-2/h5-7H,3H2,1-2H3;3-4H,5H2,1-2H3;3-5H,1H2;1H2,(H,5,6);1H3/i;;;;1D. The minimum atomic E-state index is -1.07. The highest BCUT2D eigenvalue weighted by Crippen LogP contribution is 2.23. The average molecular weight is 767 g/mol. The van der Waals surface area contributed by atoms with Crippen LogP contribution in [0.4, 0.5) is 0 Å². The number of halogens is 1. The van der Waals surface area contributed by atoms with Gasteiger partial charge in [0.1, 0.15) is 24.9 Å². The summed E-state index contributed by atoms with van der Waals surface area (Å²) in [7, 11) is 0. The number of imidazole rings is 1. The van der Waals surface area contributed by atoms with Crippen molar-refractivity contribution in [2.75, 3.05) is 4.91 Å². The van der Waals surface area contributed by atoms with Gasteiger partial charge in [-0.15, -0.1) is 0 Å². The van der Waals surface area contributed by atoms with Crippen LogP contribution in [0.1, 0.15) is 62.9 Å². The zero-order valence-corrected chi connectivity index (χ0v) is 28.7. The zero-order valence-electron chi connectivity index (χ0n) is 27.6. The number of hydrogen-bond acceptors (Lipinski definition) is 11. The molecule has 0 bridgehead atoms. The molecule has 0 unspecified atom stereocenters. The predicted molar refractivity (Wildman–Crippen MR) is 182 cm³/mol. The van der Waals surface area contributed by atoms with Crippen LogP contribution in [-0.4, -0.2) is 43.4 Å². The second kappa shape index (κ2) is 20.5. The van der Waals surface area contributed by atoms with Gasteiger partial charge < -0.3 is 14.3 Å². The summed E-state index contributed by atoms with van der Waals surface area (Å²) < 4.78 is 17.1. The SMILES string of the molecule is Cc1cc(C)c2c(=O)oc(CC#N)cc2c1.Cc1cc(C)c2c(c1)CC(=O)OC2=O.N#CCC(=O)O.N#CCC(=O)n1ccnc1.[2H]CI. The molecule has 2 aromatic carbocycles. The number of benzene rings is 2. The number of aryl methyl sites for hydroxylation is 4. The molecule has 13 nitrogen and oxygen atoms in total. The number of nitriles is 3. The molecule has 0 saturated carbocycles. The molecular weight excluding hydrogens is 733 g/mol. The van der Waals surface area contributed by atoms with E-state index in [1.165, 1.54) is 29.4 Å². The van der Waals surface area contributed by atoms with E-state index in [0.29, 0.717) is 21.6 Å². The Balaban J connectivity index is 0.000000333. The summed E-state index contributed by atoms with van der Waals surface area (Å²) in [5.41, 5.74) is 4.91. The van der Waals surface area contributed by atoms with Crippen molar-refractivity contribution in [2.24, 2.45) is 0 Å². The van der Waals surface area contributed by atoms with Crippen molar-refractivity contribution < 1.29 is 34.8 Å². The first-order valence-electron chi connectivity index (χ1n) is 14.5. The molecule has 1 aliphatic heterocycles. The van der Waals surface area contributed by atoms with E-state index in [0.717, 1.165) is 33.2 Å². The predicted octanol–water partition coefficient (Wildman–Crippen LogP) is 5.49. The third-order valence-electron chi connectivity index (χ3n) is 6.07. The number of fused-ring (bicyclic) bond motifs is 2. The van der Waals surface area contributed by atoms with Crippen molar-refractivity contribution in [1.29, 1.82) is 15.8 Å². The van der Waals surface area contributed by atoms with E-state index in [9.17, 15) is 24.0 Å². The fourth-order valence-corrected chi connectivity index (χ4v) is 4.40. The quantitative estimate of drug-likeness (QED) is 0.118. The van der Waals surface area contributed by atoms with Gasteiger partial charge in [0.05, 0.1) is 42.0 Å². The Labute approximate surface area is 291 Å². The molecule has 1 N–H and O–H groups in total. The number of carbonyl (C=O) groups is 4. The van der Waals surface area contributed by atoms with Crippen LogP contribution in [0.2, 0.25) is 0 Å². The molecule has 0 atom stereocenters. The van der Waals surface area contributed by atoms with Crippen molar-refractivity contribution in [3.8, 4) is 18.2 Å². The summed E-state index contributed by atoms with van der Waals surface area (Å²) in [5, 5.41) is 33.5. The minimum absolute atomic E-state index is 0.101. The topological polar surface area (TPSA) is 217 Å². The summed E-state index contributed by atoms with van der Waals surface area (Å²) in [6, 6.07) is 14.6. The number of cyclic esters (lactones) is 2. The highest BCUT2D eigenvalue weighted by molar-refractivity contribution is 14.1. The van der Waals surface area contributed by atoms with Crippen LogP contribution in [0.3, 0.4) is 0 Å². The van der Waals surface area contributed by atoms with Gasteiger partial charge in [-0.05, 0) is 60.7 Å². The number of carboxylic acid groups (broad SMARTS) is 1. The van der Waals surface area contributed by atoms with Gasteiger partial charge in [-0.3, -0.25) is 19.0 Å². The van der Waals surface area contributed by atoms with Gasteiger partial charge in [0.2, 0.25) is 5.91 Å². The normalized spacial score (nSPS) is 10.8. The van der Waals surface area contributed by atoms with Crippen molar-refractivity contribution >= 4 is 57.2 Å². The van der Waals surface area contributed by atoms with Crippen LogP contribution < -0.4 is 5.63 Å². The van der Waals surface area contributed by atoms with Crippen molar-refractivity contribution in [2.45, 2.75) is 53.4 Å².